The van der Waals surface area contributed by atoms with E-state index < -0.39 is 0 Å². The maximum atomic E-state index is 6.09. The Labute approximate surface area is 88.4 Å². The SMILES string of the molecule is CCCCOC1(CNC)CCCCC1. The minimum absolute atomic E-state index is 0.169. The number of rotatable bonds is 6. The Morgan fingerprint density at radius 2 is 1.93 bits per heavy atom. The first-order valence-corrected chi connectivity index (χ1v) is 6.11. The molecular formula is C12H25NO. The Bertz CT molecular complexity index is 136. The molecule has 84 valence electrons. The quantitative estimate of drug-likeness (QED) is 0.664. The summed E-state index contributed by atoms with van der Waals surface area (Å²) in [6.07, 6.45) is 9.00. The van der Waals surface area contributed by atoms with Gasteiger partial charge in [-0.3, -0.25) is 0 Å². The molecule has 1 saturated carbocycles. The molecule has 0 aromatic heterocycles. The van der Waals surface area contributed by atoms with Crippen LogP contribution in [0.3, 0.4) is 0 Å². The van der Waals surface area contributed by atoms with Gasteiger partial charge in [-0.05, 0) is 26.3 Å². The van der Waals surface area contributed by atoms with E-state index in [9.17, 15) is 0 Å². The summed E-state index contributed by atoms with van der Waals surface area (Å²) in [6, 6.07) is 0. The summed E-state index contributed by atoms with van der Waals surface area (Å²) in [5.41, 5.74) is 0.169. The minimum atomic E-state index is 0.169. The third-order valence-corrected chi connectivity index (χ3v) is 3.17. The fourth-order valence-corrected chi connectivity index (χ4v) is 2.32. The standard InChI is InChI=1S/C12H25NO/c1-3-4-10-14-12(11-13-2)8-6-5-7-9-12/h13H,3-11H2,1-2H3. The number of nitrogens with one attached hydrogen (secondary N) is 1. The van der Waals surface area contributed by atoms with Gasteiger partial charge >= 0.3 is 0 Å². The van der Waals surface area contributed by atoms with Crippen LogP contribution >= 0.6 is 0 Å². The first-order chi connectivity index (χ1) is 6.83. The second kappa shape index (κ2) is 6.41. The highest BCUT2D eigenvalue weighted by atomic mass is 16.5. The maximum Gasteiger partial charge on any atom is 0.0806 e. The summed E-state index contributed by atoms with van der Waals surface area (Å²) in [7, 11) is 2.03. The molecule has 2 heteroatoms. The van der Waals surface area contributed by atoms with Gasteiger partial charge in [0.25, 0.3) is 0 Å². The van der Waals surface area contributed by atoms with Gasteiger partial charge in [0.1, 0.15) is 0 Å². The van der Waals surface area contributed by atoms with Crippen molar-refractivity contribution in [3.8, 4) is 0 Å². The van der Waals surface area contributed by atoms with Gasteiger partial charge < -0.3 is 10.1 Å². The first kappa shape index (κ1) is 12.0. The van der Waals surface area contributed by atoms with Crippen LogP contribution in [0.1, 0.15) is 51.9 Å². The average Bonchev–Trinajstić information content (AvgIpc) is 2.20. The van der Waals surface area contributed by atoms with Crippen LogP contribution in [0, 0.1) is 0 Å². The van der Waals surface area contributed by atoms with Gasteiger partial charge in [-0.15, -0.1) is 0 Å². The lowest BCUT2D eigenvalue weighted by Crippen LogP contribution is -2.44. The zero-order valence-corrected chi connectivity index (χ0v) is 9.77. The number of likely N-dealkylation sites (N-methyl/N-ethyl adjacent to an activating group) is 1. The van der Waals surface area contributed by atoms with Crippen molar-refractivity contribution in [1.82, 2.24) is 5.32 Å². The summed E-state index contributed by atoms with van der Waals surface area (Å²) < 4.78 is 6.09. The molecule has 0 radical (unpaired) electrons. The molecule has 14 heavy (non-hydrogen) atoms. The second-order valence-corrected chi connectivity index (χ2v) is 4.48. The van der Waals surface area contributed by atoms with Gasteiger partial charge in [0.05, 0.1) is 5.60 Å². The monoisotopic (exact) mass is 199 g/mol. The Balaban J connectivity index is 2.34. The van der Waals surface area contributed by atoms with Crippen LogP contribution in [0.4, 0.5) is 0 Å². The molecule has 0 aliphatic heterocycles. The Morgan fingerprint density at radius 3 is 2.50 bits per heavy atom. The molecule has 0 aromatic carbocycles. The third-order valence-electron chi connectivity index (χ3n) is 3.17. The smallest absolute Gasteiger partial charge is 0.0806 e. The van der Waals surface area contributed by atoms with Crippen molar-refractivity contribution in [3.63, 3.8) is 0 Å². The van der Waals surface area contributed by atoms with Crippen molar-refractivity contribution < 1.29 is 4.74 Å². The van der Waals surface area contributed by atoms with Crippen LogP contribution in [0.15, 0.2) is 0 Å². The average molecular weight is 199 g/mol. The summed E-state index contributed by atoms with van der Waals surface area (Å²) in [5.74, 6) is 0. The van der Waals surface area contributed by atoms with Crippen molar-refractivity contribution in [2.24, 2.45) is 0 Å². The van der Waals surface area contributed by atoms with Gasteiger partial charge in [0.2, 0.25) is 0 Å². The zero-order chi connectivity index (χ0) is 10.3. The van der Waals surface area contributed by atoms with E-state index in [1.54, 1.807) is 0 Å². The molecule has 1 N–H and O–H groups in total. The third kappa shape index (κ3) is 3.58. The van der Waals surface area contributed by atoms with Gasteiger partial charge in [-0.1, -0.05) is 32.6 Å². The van der Waals surface area contributed by atoms with E-state index in [1.807, 2.05) is 7.05 Å². The number of hydrogen-bond acceptors (Lipinski definition) is 2. The molecule has 0 amide bonds. The largest absolute Gasteiger partial charge is 0.374 e. The normalized spacial score (nSPS) is 21.0. The molecule has 0 atom stereocenters. The molecule has 0 spiro atoms. The van der Waals surface area contributed by atoms with Crippen LogP contribution in [0.5, 0.6) is 0 Å². The van der Waals surface area contributed by atoms with E-state index in [-0.39, 0.29) is 5.60 Å². The lowest BCUT2D eigenvalue weighted by Gasteiger charge is -2.37. The molecule has 0 unspecified atom stereocenters. The Hall–Kier alpha value is -0.0800. The molecule has 0 heterocycles. The summed E-state index contributed by atoms with van der Waals surface area (Å²) >= 11 is 0. The van der Waals surface area contributed by atoms with E-state index in [0.717, 1.165) is 13.2 Å². The molecule has 0 aromatic rings. The number of hydrogen-bond donors (Lipinski definition) is 1. The highest BCUT2D eigenvalue weighted by Crippen LogP contribution is 2.31. The fraction of sp³-hybridized carbons (Fsp3) is 1.00. The van der Waals surface area contributed by atoms with Gasteiger partial charge in [-0.2, -0.15) is 0 Å². The lowest BCUT2D eigenvalue weighted by atomic mass is 9.84. The fourth-order valence-electron chi connectivity index (χ4n) is 2.32. The lowest BCUT2D eigenvalue weighted by molar-refractivity contribution is -0.0683. The molecule has 2 nitrogen and oxygen atoms in total. The van der Waals surface area contributed by atoms with E-state index in [0.29, 0.717) is 0 Å². The van der Waals surface area contributed by atoms with E-state index >= 15 is 0 Å². The molecule has 1 aliphatic carbocycles. The van der Waals surface area contributed by atoms with Gasteiger partial charge in [-0.25, -0.2) is 0 Å². The second-order valence-electron chi connectivity index (χ2n) is 4.48. The number of ether oxygens (including phenoxy) is 1. The van der Waals surface area contributed by atoms with Crippen molar-refractivity contribution in [2.75, 3.05) is 20.2 Å². The predicted octanol–water partition coefficient (Wildman–Crippen LogP) is 2.73. The highest BCUT2D eigenvalue weighted by molar-refractivity contribution is 4.86. The van der Waals surface area contributed by atoms with Crippen LogP contribution in [0.25, 0.3) is 0 Å². The molecular weight excluding hydrogens is 174 g/mol. The van der Waals surface area contributed by atoms with Crippen LogP contribution < -0.4 is 5.32 Å². The van der Waals surface area contributed by atoms with Crippen LogP contribution in [0.2, 0.25) is 0 Å². The van der Waals surface area contributed by atoms with Crippen molar-refractivity contribution in [1.29, 1.82) is 0 Å². The summed E-state index contributed by atoms with van der Waals surface area (Å²) in [6.45, 7) is 4.18. The molecule has 0 saturated heterocycles. The summed E-state index contributed by atoms with van der Waals surface area (Å²) in [4.78, 5) is 0. The number of unbranched alkanes of at least 4 members (excludes halogenated alkanes) is 1. The predicted molar refractivity (Wildman–Crippen MR) is 60.6 cm³/mol. The van der Waals surface area contributed by atoms with Crippen LogP contribution in [-0.2, 0) is 4.74 Å². The van der Waals surface area contributed by atoms with E-state index in [4.69, 9.17) is 4.74 Å². The topological polar surface area (TPSA) is 21.3 Å². The van der Waals surface area contributed by atoms with Crippen molar-refractivity contribution in [3.05, 3.63) is 0 Å². The van der Waals surface area contributed by atoms with E-state index in [1.165, 1.54) is 44.9 Å². The van der Waals surface area contributed by atoms with Gasteiger partial charge in [0.15, 0.2) is 0 Å². The molecule has 1 rings (SSSR count). The van der Waals surface area contributed by atoms with Gasteiger partial charge in [0, 0.05) is 13.2 Å². The maximum absolute atomic E-state index is 6.09. The van der Waals surface area contributed by atoms with E-state index in [2.05, 4.69) is 12.2 Å². The Morgan fingerprint density at radius 1 is 1.21 bits per heavy atom. The van der Waals surface area contributed by atoms with Crippen molar-refractivity contribution >= 4 is 0 Å². The van der Waals surface area contributed by atoms with Crippen molar-refractivity contribution in [2.45, 2.75) is 57.5 Å². The Kier molecular flexibility index (Phi) is 5.49. The molecule has 1 fully saturated rings. The first-order valence-electron chi connectivity index (χ1n) is 6.11. The zero-order valence-electron chi connectivity index (χ0n) is 9.77. The molecule has 1 aliphatic rings. The molecule has 0 bridgehead atoms. The highest BCUT2D eigenvalue weighted by Gasteiger charge is 2.31. The van der Waals surface area contributed by atoms with Crippen LogP contribution in [-0.4, -0.2) is 25.8 Å². The minimum Gasteiger partial charge on any atom is -0.374 e. The summed E-state index contributed by atoms with van der Waals surface area (Å²) in [5, 5.41) is 3.28.